The molecule has 10 aromatic rings. The van der Waals surface area contributed by atoms with E-state index in [0.29, 0.717) is 92.6 Å². The molecule has 0 fully saturated rings. The number of aromatic hydroxyl groups is 5. The number of methoxy groups -OCH3 is 1. The number of halogens is 2. The van der Waals surface area contributed by atoms with E-state index in [2.05, 4.69) is 51.2 Å². The highest BCUT2D eigenvalue weighted by Gasteiger charge is 2.40. The summed E-state index contributed by atoms with van der Waals surface area (Å²) in [4.78, 5) is 101. The van der Waals surface area contributed by atoms with Crippen LogP contribution in [0.15, 0.2) is 169 Å². The number of anilines is 4. The van der Waals surface area contributed by atoms with Gasteiger partial charge in [0, 0.05) is 92.6 Å². The van der Waals surface area contributed by atoms with Crippen LogP contribution in [0.2, 0.25) is 10.0 Å². The van der Waals surface area contributed by atoms with Crippen molar-refractivity contribution in [2.75, 3.05) is 54.6 Å². The molecule has 127 heavy (non-hydrogen) atoms. The maximum absolute atomic E-state index is 13.7. The van der Waals surface area contributed by atoms with Crippen molar-refractivity contribution in [3.63, 3.8) is 0 Å². The highest BCUT2D eigenvalue weighted by atomic mass is 35.5. The number of fused-ring (bicyclic) bond motifs is 4. The van der Waals surface area contributed by atoms with Crippen LogP contribution in [-0.4, -0.2) is 122 Å². The quantitative estimate of drug-likeness (QED) is 0.00615. The summed E-state index contributed by atoms with van der Waals surface area (Å²) in [5.74, 6) is -0.485. The molecule has 0 spiro atoms. The lowest BCUT2D eigenvalue weighted by Crippen LogP contribution is -2.35. The second-order valence-electron chi connectivity index (χ2n) is 32.2. The van der Waals surface area contributed by atoms with E-state index in [0.717, 1.165) is 60.8 Å². The number of ketones is 1. The third-order valence-electron chi connectivity index (χ3n) is 21.5. The average molecular weight is 1800 g/mol. The van der Waals surface area contributed by atoms with Crippen molar-refractivity contribution in [3.05, 3.63) is 218 Å². The fraction of sp³-hybridized carbons (Fsp3) is 0.347. The monoisotopic (exact) mass is 1790 g/mol. The number of ether oxygens (including phenoxy) is 5. The highest BCUT2D eigenvalue weighted by Crippen LogP contribution is 2.52. The molecule has 2 unspecified atom stereocenters. The fourth-order valence-corrected chi connectivity index (χ4v) is 16.1. The SMILES string of the molecule is CCCCCCCCCCCCC(Oc1ccc(S(=O)Oc2ccc(O)cc2)cc1)C(=O)Nc1cc(Cl)c2c(c1O)C(C)(C)CC(=O)N2.CCN(CC)C(=O)Oc1cc(NC(=O)c2ccccc2C)c(O)c2c1NC(=O)CC2(C)C.COC(=O)Oc1cc(C(C)=O)c(O)c2ccccc12.Cc1ccc(OCCCCNC(=O)c2cc(Cl)c3ccccc3c2O)c(C)c1. The molecule has 0 aliphatic carbocycles. The van der Waals surface area contributed by atoms with Gasteiger partial charge in [0.2, 0.25) is 22.9 Å². The van der Waals surface area contributed by atoms with E-state index in [1.165, 1.54) is 112 Å². The Kier molecular flexibility index (Phi) is 35.6. The molecule has 29 heteroatoms. The minimum atomic E-state index is -1.81. The Morgan fingerprint density at radius 1 is 0.528 bits per heavy atom. The number of carbonyl (C=O) groups is 8. The van der Waals surface area contributed by atoms with E-state index in [4.69, 9.17) is 46.3 Å². The largest absolute Gasteiger partial charge is 0.513 e. The van der Waals surface area contributed by atoms with Crippen LogP contribution in [0.4, 0.5) is 32.3 Å². The van der Waals surface area contributed by atoms with Gasteiger partial charge in [0.1, 0.15) is 51.7 Å². The molecule has 10 aromatic carbocycles. The lowest BCUT2D eigenvalue weighted by atomic mass is 9.77. The van der Waals surface area contributed by atoms with Crippen LogP contribution in [0.5, 0.6) is 57.5 Å². The summed E-state index contributed by atoms with van der Waals surface area (Å²) < 4.78 is 45.2. The van der Waals surface area contributed by atoms with E-state index in [1.54, 1.807) is 72.8 Å². The predicted octanol–water partition coefficient (Wildman–Crippen LogP) is 21.9. The van der Waals surface area contributed by atoms with Crippen molar-refractivity contribution in [2.24, 2.45) is 0 Å². The third kappa shape index (κ3) is 26.5. The lowest BCUT2D eigenvalue weighted by Gasteiger charge is -2.34. The number of phenols is 5. The van der Waals surface area contributed by atoms with E-state index in [1.807, 2.05) is 91.8 Å². The molecule has 6 amide bonds. The lowest BCUT2D eigenvalue weighted by molar-refractivity contribution is -0.123. The van der Waals surface area contributed by atoms with Gasteiger partial charge < -0.3 is 84.9 Å². The van der Waals surface area contributed by atoms with Gasteiger partial charge in [0.05, 0.1) is 57.5 Å². The predicted molar refractivity (Wildman–Crippen MR) is 495 cm³/mol. The first-order chi connectivity index (χ1) is 60.6. The molecule has 0 aromatic heterocycles. The summed E-state index contributed by atoms with van der Waals surface area (Å²) >= 11 is 11.0. The van der Waals surface area contributed by atoms with Crippen LogP contribution in [0, 0.1) is 20.8 Å². The fourth-order valence-electron chi connectivity index (χ4n) is 14.8. The third-order valence-corrected chi connectivity index (χ3v) is 23.1. The molecule has 2 aliphatic rings. The summed E-state index contributed by atoms with van der Waals surface area (Å²) in [6.07, 6.45) is 11.5. The Labute approximate surface area is 752 Å². The van der Waals surface area contributed by atoms with Gasteiger partial charge >= 0.3 is 12.2 Å². The van der Waals surface area contributed by atoms with Crippen LogP contribution in [0.3, 0.4) is 0 Å². The van der Waals surface area contributed by atoms with E-state index in [9.17, 15) is 68.1 Å². The average Bonchev–Trinajstić information content (AvgIpc) is 0.754. The van der Waals surface area contributed by atoms with Crippen LogP contribution in [-0.2, 0) is 41.0 Å². The first kappa shape index (κ1) is 98.2. The van der Waals surface area contributed by atoms with Crippen LogP contribution in [0.25, 0.3) is 21.5 Å². The van der Waals surface area contributed by atoms with Crippen molar-refractivity contribution >= 4 is 126 Å². The van der Waals surface area contributed by atoms with Gasteiger partial charge in [0.15, 0.2) is 17.6 Å². The van der Waals surface area contributed by atoms with Gasteiger partial charge in [-0.1, -0.05) is 200 Å². The molecule has 0 saturated carbocycles. The standard InChI is InChI=1S/C37H47ClN2O7S.C24H29N3O5.C23H24ClNO3.C14H12O5/c1-4-5-6-7-8-9-10-11-12-13-14-31(46-26-19-21-28(22-20-26)48(45)47-27-17-15-25(41)16-18-27)36(44)39-30-23-29(38)34-33(35(30)43)37(2,3)24-32(42)40-34;1-6-27(7-2)23(31)32-17-12-16(25-22(30)15-11-9-8-10-14(15)3)21(29)19-20(17)26-18(28)13-24(19,4)5;1-15-9-10-21(16(2)13-15)28-12-6-5-11-25-23(27)19-14-20(24)17-7-3-4-8-18(17)22(19)26;1-8(15)11-7-12(19-14(17)18-2)9-5-3-4-6-10(9)13(11)16/h15-23,31,41,43H,4-14,24H2,1-3H3,(H,39,44)(H,40,42);8-12,29H,6-7,13H2,1-5H3,(H,25,30)(H,26,28);3-4,7-10,13-14,26H,5-6,11-12H2,1-2H3,(H,25,27);3-7,16H,1-2H3. The number of unbranched alkanes of at least 4 members (excludes halogenated alkanes) is 10. The maximum atomic E-state index is 13.7. The number of carbonyl (C=O) groups excluding carboxylic acids is 8. The van der Waals surface area contributed by atoms with Crippen molar-refractivity contribution in [3.8, 4) is 57.5 Å². The molecular formula is C98H112Cl2N6O20S. The number of amides is 6. The number of nitrogens with one attached hydrogen (secondary N) is 5. The van der Waals surface area contributed by atoms with E-state index < -0.39 is 52.1 Å². The molecule has 674 valence electrons. The Balaban J connectivity index is 0.000000201. The van der Waals surface area contributed by atoms with Crippen molar-refractivity contribution < 1.29 is 96.0 Å². The zero-order valence-electron chi connectivity index (χ0n) is 73.6. The van der Waals surface area contributed by atoms with E-state index in [-0.39, 0.29) is 110 Å². The van der Waals surface area contributed by atoms with Gasteiger partial charge in [-0.3, -0.25) is 28.8 Å². The number of benzene rings is 10. The maximum Gasteiger partial charge on any atom is 0.513 e. The van der Waals surface area contributed by atoms with Crippen molar-refractivity contribution in [1.29, 1.82) is 0 Å². The zero-order valence-corrected chi connectivity index (χ0v) is 75.9. The first-order valence-corrected chi connectivity index (χ1v) is 44.2. The molecular weight excluding hydrogens is 1680 g/mol. The van der Waals surface area contributed by atoms with Gasteiger partial charge in [-0.25, -0.2) is 13.8 Å². The topological polar surface area (TPSA) is 374 Å². The second kappa shape index (κ2) is 46.0. The van der Waals surface area contributed by atoms with Crippen LogP contribution in [0.1, 0.15) is 211 Å². The zero-order chi connectivity index (χ0) is 92.4. The van der Waals surface area contributed by atoms with Crippen LogP contribution < -0.4 is 49.7 Å². The number of Topliss-reactive ketones (excluding diaryl/α,β-unsaturated/α-hetero) is 1. The van der Waals surface area contributed by atoms with Crippen molar-refractivity contribution in [1.82, 2.24) is 10.2 Å². The van der Waals surface area contributed by atoms with Gasteiger partial charge in [0.25, 0.3) is 17.7 Å². The smallest absolute Gasteiger partial charge is 0.508 e. The van der Waals surface area contributed by atoms with Gasteiger partial charge in [-0.2, -0.15) is 0 Å². The number of aryl methyl sites for hydroxylation is 3. The summed E-state index contributed by atoms with van der Waals surface area (Å²) in [6, 6.07) is 45.2. The molecule has 12 rings (SSSR count). The molecule has 10 N–H and O–H groups in total. The second-order valence-corrected chi connectivity index (χ2v) is 34.1. The molecule has 2 aliphatic heterocycles. The van der Waals surface area contributed by atoms with Crippen molar-refractivity contribution in [2.45, 2.75) is 194 Å². The summed E-state index contributed by atoms with van der Waals surface area (Å²) in [7, 11) is 1.19. The minimum absolute atomic E-state index is 0.0457. The Bertz CT molecular complexity index is 5640. The Morgan fingerprint density at radius 2 is 1.08 bits per heavy atom. The summed E-state index contributed by atoms with van der Waals surface area (Å²) in [5.41, 5.74) is 4.10. The number of hydrogen-bond donors (Lipinski definition) is 10. The molecule has 0 saturated heterocycles. The molecule has 2 heterocycles. The molecule has 26 nitrogen and oxygen atoms in total. The molecule has 0 radical (unpaired) electrons. The Hall–Kier alpha value is -12.6. The molecule has 0 bridgehead atoms. The number of nitrogens with zero attached hydrogens (tertiary/aromatic N) is 1. The van der Waals surface area contributed by atoms with Crippen LogP contribution >= 0.6 is 23.2 Å². The van der Waals surface area contributed by atoms with E-state index >= 15 is 0 Å². The normalized spacial score (nSPS) is 13.1. The summed E-state index contributed by atoms with van der Waals surface area (Å²) in [6.45, 7) is 22.4. The summed E-state index contributed by atoms with van der Waals surface area (Å²) in [5, 5.41) is 69.0. The Morgan fingerprint density at radius 3 is 1.68 bits per heavy atom. The number of rotatable bonds is 32. The minimum Gasteiger partial charge on any atom is -0.508 e. The first-order valence-electron chi connectivity index (χ1n) is 42.3. The highest BCUT2D eigenvalue weighted by molar-refractivity contribution is 7.80. The van der Waals surface area contributed by atoms with Gasteiger partial charge in [-0.05, 0) is 157 Å². The molecule has 2 atom stereocenters. The number of hydrogen-bond acceptors (Lipinski definition) is 20. The van der Waals surface area contributed by atoms with Gasteiger partial charge in [-0.15, -0.1) is 0 Å². The number of phenolic OH excluding ortho intramolecular Hbond substituents is 5.